The van der Waals surface area contributed by atoms with Crippen molar-refractivity contribution in [2.45, 2.75) is 26.2 Å². The van der Waals surface area contributed by atoms with Gasteiger partial charge in [-0.05, 0) is 25.5 Å². The first-order chi connectivity index (χ1) is 13.6. The summed E-state index contributed by atoms with van der Waals surface area (Å²) in [5.41, 5.74) is 0.631. The summed E-state index contributed by atoms with van der Waals surface area (Å²) in [4.78, 5) is 33.9. The van der Waals surface area contributed by atoms with Crippen molar-refractivity contribution in [3.8, 4) is 0 Å². The van der Waals surface area contributed by atoms with Crippen molar-refractivity contribution in [2.24, 2.45) is 4.99 Å². The van der Waals surface area contributed by atoms with Gasteiger partial charge >= 0.3 is 0 Å². The Hall–Kier alpha value is -2.64. The molecule has 0 aromatic heterocycles. The number of piperazine rings is 1. The molecule has 0 aliphatic carbocycles. The van der Waals surface area contributed by atoms with E-state index >= 15 is 0 Å². The van der Waals surface area contributed by atoms with Crippen molar-refractivity contribution in [2.75, 3.05) is 50.7 Å². The number of anilines is 1. The van der Waals surface area contributed by atoms with Crippen LogP contribution in [0.4, 0.5) is 10.1 Å². The predicted octanol–water partition coefficient (Wildman–Crippen LogP) is 1.45. The Balaban J connectivity index is 1.57. The number of piperidine rings is 1. The van der Waals surface area contributed by atoms with E-state index in [9.17, 15) is 14.0 Å². The van der Waals surface area contributed by atoms with Crippen molar-refractivity contribution in [1.82, 2.24) is 15.1 Å². The van der Waals surface area contributed by atoms with Crippen LogP contribution >= 0.6 is 0 Å². The molecule has 2 aliphatic rings. The number of rotatable bonds is 5. The third-order valence-electron chi connectivity index (χ3n) is 5.08. The molecule has 2 amide bonds. The zero-order valence-electron chi connectivity index (χ0n) is 16.4. The quantitative estimate of drug-likeness (QED) is 0.469. The molecule has 0 unspecified atom stereocenters. The van der Waals surface area contributed by atoms with Gasteiger partial charge in [0, 0.05) is 52.1 Å². The minimum absolute atomic E-state index is 0.102. The van der Waals surface area contributed by atoms with Crippen molar-refractivity contribution in [3.63, 3.8) is 0 Å². The van der Waals surface area contributed by atoms with E-state index < -0.39 is 0 Å². The number of halogens is 1. The molecule has 2 heterocycles. The third-order valence-corrected chi connectivity index (χ3v) is 5.08. The molecule has 0 atom stereocenters. The molecule has 1 aromatic rings. The summed E-state index contributed by atoms with van der Waals surface area (Å²) in [6.45, 7) is 6.29. The first kappa shape index (κ1) is 20.1. The van der Waals surface area contributed by atoms with E-state index in [1.807, 2.05) is 17.9 Å². The van der Waals surface area contributed by atoms with Gasteiger partial charge in [0.05, 0.1) is 12.2 Å². The molecule has 2 aliphatic heterocycles. The number of nitrogens with one attached hydrogen (secondary N) is 1. The summed E-state index contributed by atoms with van der Waals surface area (Å²) in [6, 6.07) is 6.83. The molecule has 28 heavy (non-hydrogen) atoms. The SMILES string of the molecule is CCNC(=NCCN1C(=O)CCCC1=O)N1CCN(c2ccccc2F)CC1. The highest BCUT2D eigenvalue weighted by atomic mass is 19.1. The molecule has 3 rings (SSSR count). The normalized spacial score (nSPS) is 18.6. The van der Waals surface area contributed by atoms with Gasteiger partial charge < -0.3 is 15.1 Å². The van der Waals surface area contributed by atoms with E-state index in [0.717, 1.165) is 25.6 Å². The fourth-order valence-corrected chi connectivity index (χ4v) is 3.60. The topological polar surface area (TPSA) is 68.2 Å². The first-order valence-electron chi connectivity index (χ1n) is 9.96. The highest BCUT2D eigenvalue weighted by molar-refractivity contribution is 5.97. The molecule has 2 saturated heterocycles. The fraction of sp³-hybridized carbons (Fsp3) is 0.550. The van der Waals surface area contributed by atoms with E-state index in [1.165, 1.54) is 11.0 Å². The van der Waals surface area contributed by atoms with E-state index in [0.29, 0.717) is 51.1 Å². The molecular weight excluding hydrogens is 361 g/mol. The molecule has 0 bridgehead atoms. The minimum Gasteiger partial charge on any atom is -0.366 e. The maximum atomic E-state index is 14.0. The molecular formula is C20H28FN5O2. The molecule has 8 heteroatoms. The molecule has 7 nitrogen and oxygen atoms in total. The van der Waals surface area contributed by atoms with Crippen LogP contribution in [0, 0.1) is 5.82 Å². The number of hydrogen-bond donors (Lipinski definition) is 1. The summed E-state index contributed by atoms with van der Waals surface area (Å²) in [5.74, 6) is 0.366. The second-order valence-electron chi connectivity index (χ2n) is 6.95. The molecule has 0 spiro atoms. The standard InChI is InChI=1S/C20H28FN5O2/c1-2-22-20(23-10-11-26-18(27)8-5-9-19(26)28)25-14-12-24(13-15-25)17-7-4-3-6-16(17)21/h3-4,6-7H,2,5,8-15H2,1H3,(H,22,23). The average Bonchev–Trinajstić information content (AvgIpc) is 2.70. The predicted molar refractivity (Wildman–Crippen MR) is 107 cm³/mol. The monoisotopic (exact) mass is 389 g/mol. The number of aliphatic imine (C=N–C) groups is 1. The van der Waals surface area contributed by atoms with Crippen LogP contribution in [0.15, 0.2) is 29.3 Å². The lowest BCUT2D eigenvalue weighted by Gasteiger charge is -2.37. The van der Waals surface area contributed by atoms with E-state index in [4.69, 9.17) is 0 Å². The number of guanidine groups is 1. The number of likely N-dealkylation sites (tertiary alicyclic amines) is 1. The maximum Gasteiger partial charge on any atom is 0.229 e. The van der Waals surface area contributed by atoms with E-state index in [-0.39, 0.29) is 17.6 Å². The lowest BCUT2D eigenvalue weighted by atomic mass is 10.1. The van der Waals surface area contributed by atoms with Crippen LogP contribution in [0.2, 0.25) is 0 Å². The molecule has 0 radical (unpaired) electrons. The van der Waals surface area contributed by atoms with Crippen LogP contribution in [-0.4, -0.2) is 73.4 Å². The molecule has 1 N–H and O–H groups in total. The zero-order chi connectivity index (χ0) is 19.9. The largest absolute Gasteiger partial charge is 0.366 e. The van der Waals surface area contributed by atoms with Gasteiger partial charge in [-0.25, -0.2) is 4.39 Å². The molecule has 152 valence electrons. The Morgan fingerprint density at radius 1 is 1.11 bits per heavy atom. The average molecular weight is 389 g/mol. The van der Waals surface area contributed by atoms with Crippen LogP contribution in [0.25, 0.3) is 0 Å². The molecule has 2 fully saturated rings. The molecule has 0 saturated carbocycles. The highest BCUT2D eigenvalue weighted by Crippen LogP contribution is 2.20. The lowest BCUT2D eigenvalue weighted by molar-refractivity contribution is -0.147. The van der Waals surface area contributed by atoms with E-state index in [1.54, 1.807) is 12.1 Å². The second kappa shape index (κ2) is 9.52. The first-order valence-corrected chi connectivity index (χ1v) is 9.96. The van der Waals surface area contributed by atoms with Crippen LogP contribution in [0.5, 0.6) is 0 Å². The van der Waals surface area contributed by atoms with Gasteiger partial charge in [0.1, 0.15) is 5.82 Å². The van der Waals surface area contributed by atoms with Crippen LogP contribution < -0.4 is 10.2 Å². The Morgan fingerprint density at radius 3 is 2.43 bits per heavy atom. The number of carbonyl (C=O) groups excluding carboxylic acids is 2. The van der Waals surface area contributed by atoms with Crippen LogP contribution in [0.3, 0.4) is 0 Å². The van der Waals surface area contributed by atoms with Gasteiger partial charge in [-0.15, -0.1) is 0 Å². The summed E-state index contributed by atoms with van der Waals surface area (Å²) >= 11 is 0. The van der Waals surface area contributed by atoms with E-state index in [2.05, 4.69) is 15.2 Å². The maximum absolute atomic E-state index is 14.0. The number of nitrogens with zero attached hydrogens (tertiary/aromatic N) is 4. The Bertz CT molecular complexity index is 715. The third kappa shape index (κ3) is 4.79. The minimum atomic E-state index is -0.201. The van der Waals surface area contributed by atoms with Crippen LogP contribution in [-0.2, 0) is 9.59 Å². The Labute approximate surface area is 165 Å². The Morgan fingerprint density at radius 2 is 1.79 bits per heavy atom. The van der Waals surface area contributed by atoms with Gasteiger partial charge in [-0.1, -0.05) is 12.1 Å². The van der Waals surface area contributed by atoms with Gasteiger partial charge in [-0.3, -0.25) is 19.5 Å². The number of hydrogen-bond acceptors (Lipinski definition) is 4. The molecule has 1 aromatic carbocycles. The smallest absolute Gasteiger partial charge is 0.229 e. The van der Waals surface area contributed by atoms with Crippen molar-refractivity contribution in [1.29, 1.82) is 0 Å². The number of benzene rings is 1. The number of carbonyl (C=O) groups is 2. The summed E-state index contributed by atoms with van der Waals surface area (Å²) in [7, 11) is 0. The number of amides is 2. The Kier molecular flexibility index (Phi) is 6.84. The second-order valence-corrected chi connectivity index (χ2v) is 6.95. The van der Waals surface area contributed by atoms with Crippen molar-refractivity contribution >= 4 is 23.5 Å². The lowest BCUT2D eigenvalue weighted by Crippen LogP contribution is -2.53. The van der Waals surface area contributed by atoms with Crippen LogP contribution in [0.1, 0.15) is 26.2 Å². The highest BCUT2D eigenvalue weighted by Gasteiger charge is 2.25. The van der Waals surface area contributed by atoms with Gasteiger partial charge in [0.2, 0.25) is 11.8 Å². The number of para-hydroxylation sites is 1. The zero-order valence-corrected chi connectivity index (χ0v) is 16.4. The summed E-state index contributed by atoms with van der Waals surface area (Å²) in [5, 5.41) is 3.27. The fourth-order valence-electron chi connectivity index (χ4n) is 3.60. The summed E-state index contributed by atoms with van der Waals surface area (Å²) in [6.07, 6.45) is 1.52. The van der Waals surface area contributed by atoms with Crippen molar-refractivity contribution < 1.29 is 14.0 Å². The summed E-state index contributed by atoms with van der Waals surface area (Å²) < 4.78 is 14.0. The number of imide groups is 1. The van der Waals surface area contributed by atoms with Crippen molar-refractivity contribution in [3.05, 3.63) is 30.1 Å². The van der Waals surface area contributed by atoms with Gasteiger partial charge in [0.25, 0.3) is 0 Å². The van der Waals surface area contributed by atoms with Gasteiger partial charge in [-0.2, -0.15) is 0 Å². The van der Waals surface area contributed by atoms with Gasteiger partial charge in [0.15, 0.2) is 5.96 Å².